The number of amides is 1. The van der Waals surface area contributed by atoms with Gasteiger partial charge in [-0.3, -0.25) is 9.89 Å². The number of nitrogens with one attached hydrogen (secondary N) is 1. The minimum atomic E-state index is -0.420. The molecule has 32 heavy (non-hydrogen) atoms. The summed E-state index contributed by atoms with van der Waals surface area (Å²) in [6, 6.07) is 12.3. The molecule has 1 aliphatic rings. The lowest BCUT2D eigenvalue weighted by molar-refractivity contribution is 0.0677. The van der Waals surface area contributed by atoms with Gasteiger partial charge in [0, 0.05) is 24.8 Å². The van der Waals surface area contributed by atoms with Crippen molar-refractivity contribution in [3.8, 4) is 28.5 Å². The van der Waals surface area contributed by atoms with Crippen molar-refractivity contribution in [2.24, 2.45) is 0 Å². The van der Waals surface area contributed by atoms with Gasteiger partial charge < -0.3 is 24.2 Å². The molecule has 0 saturated heterocycles. The van der Waals surface area contributed by atoms with E-state index in [1.54, 1.807) is 30.2 Å². The van der Waals surface area contributed by atoms with Gasteiger partial charge in [0.2, 0.25) is 0 Å². The van der Waals surface area contributed by atoms with E-state index in [-0.39, 0.29) is 11.7 Å². The van der Waals surface area contributed by atoms with Gasteiger partial charge in [0.1, 0.15) is 17.1 Å². The van der Waals surface area contributed by atoms with Gasteiger partial charge in [-0.05, 0) is 43.7 Å². The van der Waals surface area contributed by atoms with Gasteiger partial charge >= 0.3 is 0 Å². The second-order valence-corrected chi connectivity index (χ2v) is 7.34. The molecule has 2 N–H and O–H groups in total. The topological polar surface area (TPSA) is 96.9 Å². The first-order valence-corrected chi connectivity index (χ1v) is 10.7. The standard InChI is InChI=1S/C24H27N3O5/c1-4-31-18-11-10-15(14-19(18)32-5-2)23-20-21(16-8-6-7-9-17(16)28)25-26-22(20)24(29)27(23)12-13-30-3/h6-11,14,23,28H,4-5,12-13H2,1-3H3,(H,25,26). The fourth-order valence-electron chi connectivity index (χ4n) is 4.08. The number of hydrogen-bond acceptors (Lipinski definition) is 6. The summed E-state index contributed by atoms with van der Waals surface area (Å²) < 4.78 is 16.8. The van der Waals surface area contributed by atoms with Crippen LogP contribution in [0.25, 0.3) is 11.3 Å². The average molecular weight is 437 g/mol. The number of hydrogen-bond donors (Lipinski definition) is 2. The highest BCUT2D eigenvalue weighted by Gasteiger charge is 2.42. The molecule has 8 nitrogen and oxygen atoms in total. The number of methoxy groups -OCH3 is 1. The van der Waals surface area contributed by atoms with Crippen molar-refractivity contribution in [3.63, 3.8) is 0 Å². The summed E-state index contributed by atoms with van der Waals surface area (Å²) >= 11 is 0. The Morgan fingerprint density at radius 3 is 2.56 bits per heavy atom. The van der Waals surface area contributed by atoms with Crippen LogP contribution in [0.4, 0.5) is 0 Å². The molecule has 0 aliphatic carbocycles. The van der Waals surface area contributed by atoms with Crippen molar-refractivity contribution < 1.29 is 24.1 Å². The number of carbonyl (C=O) groups excluding carboxylic acids is 1. The van der Waals surface area contributed by atoms with Crippen molar-refractivity contribution in [3.05, 3.63) is 59.3 Å². The zero-order valence-corrected chi connectivity index (χ0v) is 18.4. The highest BCUT2D eigenvalue weighted by molar-refractivity contribution is 6.00. The predicted molar refractivity (Wildman–Crippen MR) is 119 cm³/mol. The van der Waals surface area contributed by atoms with Crippen LogP contribution in [0.2, 0.25) is 0 Å². The summed E-state index contributed by atoms with van der Waals surface area (Å²) in [5.41, 5.74) is 3.10. The minimum Gasteiger partial charge on any atom is -0.507 e. The van der Waals surface area contributed by atoms with Crippen LogP contribution in [0.15, 0.2) is 42.5 Å². The molecule has 2 heterocycles. The average Bonchev–Trinajstić information content (AvgIpc) is 3.33. The lowest BCUT2D eigenvalue weighted by Crippen LogP contribution is -2.32. The van der Waals surface area contributed by atoms with E-state index >= 15 is 0 Å². The first-order chi connectivity index (χ1) is 15.6. The van der Waals surface area contributed by atoms with Crippen LogP contribution < -0.4 is 9.47 Å². The SMILES string of the molecule is CCOc1ccc(C2c3c(-c4ccccc4O)n[nH]c3C(=O)N2CCOC)cc1OCC. The molecular weight excluding hydrogens is 410 g/mol. The van der Waals surface area contributed by atoms with Crippen LogP contribution in [-0.4, -0.2) is 59.6 Å². The largest absolute Gasteiger partial charge is 0.507 e. The number of H-pyrrole nitrogens is 1. The number of aromatic amines is 1. The summed E-state index contributed by atoms with van der Waals surface area (Å²) in [6.45, 7) is 5.63. The number of aromatic hydroxyl groups is 1. The second-order valence-electron chi connectivity index (χ2n) is 7.34. The van der Waals surface area contributed by atoms with Crippen molar-refractivity contribution in [2.45, 2.75) is 19.9 Å². The molecule has 1 amide bonds. The molecule has 0 bridgehead atoms. The van der Waals surface area contributed by atoms with Crippen LogP contribution in [0, 0.1) is 0 Å². The summed E-state index contributed by atoms with van der Waals surface area (Å²) in [7, 11) is 1.61. The molecule has 1 atom stereocenters. The van der Waals surface area contributed by atoms with Crippen molar-refractivity contribution in [1.29, 1.82) is 0 Å². The van der Waals surface area contributed by atoms with Gasteiger partial charge in [0.15, 0.2) is 11.5 Å². The normalized spacial score (nSPS) is 15.2. The van der Waals surface area contributed by atoms with E-state index in [9.17, 15) is 9.90 Å². The zero-order chi connectivity index (χ0) is 22.7. The number of nitrogens with zero attached hydrogens (tertiary/aromatic N) is 2. The molecule has 0 radical (unpaired) electrons. The molecule has 1 aromatic heterocycles. The number of ether oxygens (including phenoxy) is 3. The lowest BCUT2D eigenvalue weighted by Gasteiger charge is -2.27. The number of rotatable bonds is 9. The van der Waals surface area contributed by atoms with Crippen LogP contribution >= 0.6 is 0 Å². The van der Waals surface area contributed by atoms with Crippen molar-refractivity contribution in [1.82, 2.24) is 15.1 Å². The third-order valence-corrected chi connectivity index (χ3v) is 5.44. The third kappa shape index (κ3) is 3.78. The van der Waals surface area contributed by atoms with E-state index in [2.05, 4.69) is 10.2 Å². The van der Waals surface area contributed by atoms with E-state index in [0.29, 0.717) is 54.8 Å². The van der Waals surface area contributed by atoms with Crippen LogP contribution in [0.3, 0.4) is 0 Å². The molecule has 0 fully saturated rings. The van der Waals surface area contributed by atoms with E-state index in [1.807, 2.05) is 38.1 Å². The smallest absolute Gasteiger partial charge is 0.273 e. The molecule has 4 rings (SSSR count). The molecule has 2 aromatic carbocycles. The first kappa shape index (κ1) is 21.7. The lowest BCUT2D eigenvalue weighted by atomic mass is 9.95. The maximum absolute atomic E-state index is 13.3. The fourth-order valence-corrected chi connectivity index (χ4v) is 4.08. The number of phenolic OH excluding ortho intramolecular Hbond substituents is 1. The first-order valence-electron chi connectivity index (χ1n) is 10.7. The zero-order valence-electron chi connectivity index (χ0n) is 18.4. The Morgan fingerprint density at radius 1 is 1.09 bits per heavy atom. The maximum Gasteiger partial charge on any atom is 0.273 e. The van der Waals surface area contributed by atoms with E-state index in [0.717, 1.165) is 11.1 Å². The van der Waals surface area contributed by atoms with E-state index in [1.165, 1.54) is 0 Å². The number of benzene rings is 2. The van der Waals surface area contributed by atoms with Crippen LogP contribution in [0.5, 0.6) is 17.2 Å². The van der Waals surface area contributed by atoms with Crippen molar-refractivity contribution >= 4 is 5.91 Å². The Kier molecular flexibility index (Phi) is 6.32. The summed E-state index contributed by atoms with van der Waals surface area (Å²) in [5.74, 6) is 1.21. The third-order valence-electron chi connectivity index (χ3n) is 5.44. The Morgan fingerprint density at radius 2 is 1.84 bits per heavy atom. The van der Waals surface area contributed by atoms with Gasteiger partial charge in [-0.15, -0.1) is 0 Å². The number of carbonyl (C=O) groups is 1. The predicted octanol–water partition coefficient (Wildman–Crippen LogP) is 3.77. The quantitative estimate of drug-likeness (QED) is 0.529. The van der Waals surface area contributed by atoms with Crippen LogP contribution in [0.1, 0.15) is 41.5 Å². The van der Waals surface area contributed by atoms with Gasteiger partial charge in [-0.25, -0.2) is 0 Å². The van der Waals surface area contributed by atoms with E-state index in [4.69, 9.17) is 14.2 Å². The molecule has 168 valence electrons. The van der Waals surface area contributed by atoms with Gasteiger partial charge in [-0.2, -0.15) is 5.10 Å². The number of aromatic nitrogens is 2. The molecule has 3 aromatic rings. The number of fused-ring (bicyclic) bond motifs is 1. The molecule has 8 heteroatoms. The Hall–Kier alpha value is -3.52. The Labute approximate surface area is 186 Å². The second kappa shape index (κ2) is 9.32. The maximum atomic E-state index is 13.3. The van der Waals surface area contributed by atoms with Gasteiger partial charge in [0.25, 0.3) is 5.91 Å². The Balaban J connectivity index is 1.86. The number of phenols is 1. The Bertz CT molecular complexity index is 1110. The van der Waals surface area contributed by atoms with Gasteiger partial charge in [-0.1, -0.05) is 18.2 Å². The highest BCUT2D eigenvalue weighted by atomic mass is 16.5. The van der Waals surface area contributed by atoms with Crippen molar-refractivity contribution in [2.75, 3.05) is 33.5 Å². The number of para-hydroxylation sites is 1. The highest BCUT2D eigenvalue weighted by Crippen LogP contribution is 2.45. The molecule has 0 spiro atoms. The summed E-state index contributed by atoms with van der Waals surface area (Å²) in [4.78, 5) is 15.0. The monoisotopic (exact) mass is 437 g/mol. The molecular formula is C24H27N3O5. The molecule has 1 aliphatic heterocycles. The molecule has 0 saturated carbocycles. The molecule has 1 unspecified atom stereocenters. The van der Waals surface area contributed by atoms with Gasteiger partial charge in [0.05, 0.1) is 25.9 Å². The van der Waals surface area contributed by atoms with E-state index < -0.39 is 6.04 Å². The minimum absolute atomic E-state index is 0.102. The fraction of sp³-hybridized carbons (Fsp3) is 0.333. The summed E-state index contributed by atoms with van der Waals surface area (Å²) in [6.07, 6.45) is 0. The van der Waals surface area contributed by atoms with Crippen LogP contribution in [-0.2, 0) is 4.74 Å². The summed E-state index contributed by atoms with van der Waals surface area (Å²) in [5, 5.41) is 17.7.